The van der Waals surface area contributed by atoms with Crippen molar-refractivity contribution >= 4 is 16.9 Å². The van der Waals surface area contributed by atoms with Gasteiger partial charge in [0.05, 0.1) is 18.2 Å². The minimum Gasteiger partial charge on any atom is -0.465 e. The van der Waals surface area contributed by atoms with Gasteiger partial charge < -0.3 is 9.47 Å². The van der Waals surface area contributed by atoms with Crippen molar-refractivity contribution < 1.29 is 27.4 Å². The first kappa shape index (κ1) is 13.1. The summed E-state index contributed by atoms with van der Waals surface area (Å²) in [6.07, 6.45) is -3.46. The first-order chi connectivity index (χ1) is 8.90. The summed E-state index contributed by atoms with van der Waals surface area (Å²) >= 11 is 0. The van der Waals surface area contributed by atoms with Crippen LogP contribution in [0, 0.1) is 0 Å². The predicted octanol–water partition coefficient (Wildman–Crippen LogP) is 2.92. The van der Waals surface area contributed by atoms with Crippen molar-refractivity contribution in [2.75, 3.05) is 7.11 Å². The summed E-state index contributed by atoms with van der Waals surface area (Å²) in [6, 6.07) is 4.98. The Hall–Kier alpha value is -2.31. The summed E-state index contributed by atoms with van der Waals surface area (Å²) in [5.41, 5.74) is 0.440. The Morgan fingerprint density at radius 2 is 2.00 bits per heavy atom. The zero-order valence-corrected chi connectivity index (χ0v) is 9.69. The van der Waals surface area contributed by atoms with E-state index < -0.39 is 18.1 Å². The molecule has 2 aromatic rings. The van der Waals surface area contributed by atoms with E-state index in [9.17, 15) is 18.0 Å². The molecule has 0 saturated carbocycles. The van der Waals surface area contributed by atoms with Gasteiger partial charge in [-0.3, -0.25) is 4.98 Å². The third kappa shape index (κ3) is 2.93. The molecule has 1 aromatic heterocycles. The van der Waals surface area contributed by atoms with Crippen LogP contribution in [0.5, 0.6) is 5.75 Å². The lowest BCUT2D eigenvalue weighted by atomic mass is 10.1. The highest BCUT2D eigenvalue weighted by atomic mass is 19.4. The van der Waals surface area contributed by atoms with E-state index in [0.29, 0.717) is 5.39 Å². The number of halogens is 3. The van der Waals surface area contributed by atoms with E-state index in [1.807, 2.05) is 0 Å². The molecule has 0 spiro atoms. The van der Waals surface area contributed by atoms with Gasteiger partial charge in [-0.25, -0.2) is 4.79 Å². The summed E-state index contributed by atoms with van der Waals surface area (Å²) in [7, 11) is 1.22. The fourth-order valence-electron chi connectivity index (χ4n) is 1.61. The smallest absolute Gasteiger partial charge is 0.465 e. The molecule has 0 amide bonds. The van der Waals surface area contributed by atoms with Crippen LogP contribution in [0.15, 0.2) is 30.5 Å². The number of carbonyl (C=O) groups excluding carboxylic acids is 1. The summed E-state index contributed by atoms with van der Waals surface area (Å²) in [5, 5.41) is 0.392. The van der Waals surface area contributed by atoms with Crippen LogP contribution in [0.25, 0.3) is 10.9 Å². The maximum absolute atomic E-state index is 12.1. The van der Waals surface area contributed by atoms with E-state index >= 15 is 0 Å². The number of hydrogen-bond acceptors (Lipinski definition) is 4. The molecule has 0 N–H and O–H groups in total. The second-order valence-electron chi connectivity index (χ2n) is 3.58. The molecule has 0 aliphatic rings. The molecule has 1 heterocycles. The summed E-state index contributed by atoms with van der Waals surface area (Å²) in [6.45, 7) is 0. The topological polar surface area (TPSA) is 48.4 Å². The van der Waals surface area contributed by atoms with Crippen LogP contribution in [0.1, 0.15) is 10.4 Å². The zero-order valence-electron chi connectivity index (χ0n) is 9.69. The molecule has 1 aromatic carbocycles. The molecule has 0 bridgehead atoms. The van der Waals surface area contributed by atoms with Crippen LogP contribution < -0.4 is 4.74 Å². The highest BCUT2D eigenvalue weighted by Crippen LogP contribution is 2.27. The molecular formula is C12H8F3NO3. The van der Waals surface area contributed by atoms with Crippen LogP contribution in [-0.4, -0.2) is 24.4 Å². The van der Waals surface area contributed by atoms with E-state index in [1.165, 1.54) is 25.4 Å². The lowest BCUT2D eigenvalue weighted by molar-refractivity contribution is -0.274. The van der Waals surface area contributed by atoms with E-state index in [0.717, 1.165) is 12.1 Å². The third-order valence-corrected chi connectivity index (χ3v) is 2.35. The van der Waals surface area contributed by atoms with Crippen molar-refractivity contribution in [3.8, 4) is 5.75 Å². The van der Waals surface area contributed by atoms with E-state index in [2.05, 4.69) is 14.5 Å². The number of hydrogen-bond donors (Lipinski definition) is 0. The van der Waals surface area contributed by atoms with Crippen molar-refractivity contribution in [3.63, 3.8) is 0 Å². The van der Waals surface area contributed by atoms with Crippen LogP contribution >= 0.6 is 0 Å². The fraction of sp³-hybridized carbons (Fsp3) is 0.167. The lowest BCUT2D eigenvalue weighted by Crippen LogP contribution is -2.17. The molecule has 0 atom stereocenters. The molecule has 100 valence electrons. The second kappa shape index (κ2) is 4.75. The number of fused-ring (bicyclic) bond motifs is 1. The van der Waals surface area contributed by atoms with Crippen molar-refractivity contribution in [1.82, 2.24) is 4.98 Å². The van der Waals surface area contributed by atoms with Gasteiger partial charge in [0.15, 0.2) is 0 Å². The number of nitrogens with zero attached hydrogens (tertiary/aromatic N) is 1. The van der Waals surface area contributed by atoms with Crippen LogP contribution in [-0.2, 0) is 4.74 Å². The largest absolute Gasteiger partial charge is 0.573 e. The first-order valence-electron chi connectivity index (χ1n) is 5.13. The normalized spacial score (nSPS) is 11.4. The Morgan fingerprint density at radius 3 is 2.63 bits per heavy atom. The molecule has 0 aliphatic carbocycles. The van der Waals surface area contributed by atoms with Gasteiger partial charge in [-0.15, -0.1) is 13.2 Å². The summed E-state index contributed by atoms with van der Waals surface area (Å²) < 4.78 is 44.6. The van der Waals surface area contributed by atoms with E-state index in [-0.39, 0.29) is 11.1 Å². The van der Waals surface area contributed by atoms with Crippen LogP contribution in [0.4, 0.5) is 13.2 Å². The molecule has 7 heteroatoms. The molecule has 0 saturated heterocycles. The standard InChI is InChI=1S/C12H8F3NO3/c1-18-11(17)9-4-5-16-10-6-7(2-3-8(9)10)19-12(13,14)15/h2-6H,1H3. The van der Waals surface area contributed by atoms with E-state index in [4.69, 9.17) is 0 Å². The predicted molar refractivity (Wildman–Crippen MR) is 59.8 cm³/mol. The Kier molecular flexibility index (Phi) is 3.28. The quantitative estimate of drug-likeness (QED) is 0.788. The molecule has 0 unspecified atom stereocenters. The number of methoxy groups -OCH3 is 1. The van der Waals surface area contributed by atoms with Crippen LogP contribution in [0.3, 0.4) is 0 Å². The first-order valence-corrected chi connectivity index (χ1v) is 5.13. The Balaban J connectivity index is 2.48. The highest BCUT2D eigenvalue weighted by molar-refractivity contribution is 6.03. The second-order valence-corrected chi connectivity index (χ2v) is 3.58. The molecule has 4 nitrogen and oxygen atoms in total. The molecule has 2 rings (SSSR count). The van der Waals surface area contributed by atoms with Gasteiger partial charge in [0, 0.05) is 17.6 Å². The maximum Gasteiger partial charge on any atom is 0.573 e. The van der Waals surface area contributed by atoms with Gasteiger partial charge in [-0.1, -0.05) is 0 Å². The Labute approximate surface area is 105 Å². The fourth-order valence-corrected chi connectivity index (χ4v) is 1.61. The number of esters is 1. The molecule has 0 radical (unpaired) electrons. The van der Waals surface area contributed by atoms with Crippen molar-refractivity contribution in [2.24, 2.45) is 0 Å². The van der Waals surface area contributed by atoms with Gasteiger partial charge >= 0.3 is 12.3 Å². The van der Waals surface area contributed by atoms with Gasteiger partial charge in [-0.05, 0) is 18.2 Å². The maximum atomic E-state index is 12.1. The van der Waals surface area contributed by atoms with Crippen LogP contribution in [0.2, 0.25) is 0 Å². The highest BCUT2D eigenvalue weighted by Gasteiger charge is 2.31. The van der Waals surface area contributed by atoms with Crippen molar-refractivity contribution in [1.29, 1.82) is 0 Å². The number of ether oxygens (including phenoxy) is 2. The van der Waals surface area contributed by atoms with Gasteiger partial charge in [0.1, 0.15) is 5.75 Å². The number of benzene rings is 1. The monoisotopic (exact) mass is 271 g/mol. The molecule has 0 aliphatic heterocycles. The number of pyridine rings is 1. The summed E-state index contributed by atoms with van der Waals surface area (Å²) in [5.74, 6) is -0.980. The molecule has 19 heavy (non-hydrogen) atoms. The number of rotatable bonds is 2. The number of carbonyl (C=O) groups is 1. The van der Waals surface area contributed by atoms with Gasteiger partial charge in [0.2, 0.25) is 0 Å². The molecule has 0 fully saturated rings. The summed E-state index contributed by atoms with van der Waals surface area (Å²) in [4.78, 5) is 15.4. The zero-order chi connectivity index (χ0) is 14.0. The minimum atomic E-state index is -4.77. The molecular weight excluding hydrogens is 263 g/mol. The average Bonchev–Trinajstić information content (AvgIpc) is 2.35. The Morgan fingerprint density at radius 1 is 1.26 bits per heavy atom. The van der Waals surface area contributed by atoms with Gasteiger partial charge in [0.25, 0.3) is 0 Å². The third-order valence-electron chi connectivity index (χ3n) is 2.35. The van der Waals surface area contributed by atoms with Gasteiger partial charge in [-0.2, -0.15) is 0 Å². The average molecular weight is 271 g/mol. The Bertz CT molecular complexity index is 625. The number of alkyl halides is 3. The van der Waals surface area contributed by atoms with E-state index in [1.54, 1.807) is 0 Å². The van der Waals surface area contributed by atoms with Crippen molar-refractivity contribution in [2.45, 2.75) is 6.36 Å². The number of aromatic nitrogens is 1. The lowest BCUT2D eigenvalue weighted by Gasteiger charge is -2.10. The SMILES string of the molecule is COC(=O)c1ccnc2cc(OC(F)(F)F)ccc12. The minimum absolute atomic E-state index is 0.213. The van der Waals surface area contributed by atoms with Crippen molar-refractivity contribution in [3.05, 3.63) is 36.0 Å².